The van der Waals surface area contributed by atoms with Gasteiger partial charge in [0.05, 0.1) is 30.9 Å². The lowest BCUT2D eigenvalue weighted by molar-refractivity contribution is 0.123. The first kappa shape index (κ1) is 21.5. The van der Waals surface area contributed by atoms with E-state index in [9.17, 15) is 8.78 Å². The molecule has 4 heterocycles. The number of fused-ring (bicyclic) bond motifs is 1. The first-order valence-corrected chi connectivity index (χ1v) is 10.9. The summed E-state index contributed by atoms with van der Waals surface area (Å²) in [5.74, 6) is 0.645. The lowest BCUT2D eigenvalue weighted by Crippen LogP contribution is -2.36. The van der Waals surface area contributed by atoms with Crippen molar-refractivity contribution in [3.05, 3.63) is 54.5 Å². The molecule has 1 aromatic carbocycles. The Morgan fingerprint density at radius 3 is 2.79 bits per heavy atom. The maximum Gasteiger partial charge on any atom is 0.263 e. The minimum atomic E-state index is -2.52. The standard InChI is InChI=1S/C23H25F2N7O/c1-26-6-8-31-15-27-21-19(30-9-11-33-12-10-30)14-20(28-23(21)31)32-7-5-18(29-32)16-3-2-4-17(13-16)22(24)25/h2-5,7,13-15,22,26H,6,8-12H2,1H3. The van der Waals surface area contributed by atoms with Gasteiger partial charge < -0.3 is 19.5 Å². The van der Waals surface area contributed by atoms with E-state index < -0.39 is 6.43 Å². The number of nitrogens with zero attached hydrogens (tertiary/aromatic N) is 6. The van der Waals surface area contributed by atoms with E-state index in [-0.39, 0.29) is 5.56 Å². The fourth-order valence-electron chi connectivity index (χ4n) is 4.00. The van der Waals surface area contributed by atoms with Crippen LogP contribution in [0.2, 0.25) is 0 Å². The van der Waals surface area contributed by atoms with Gasteiger partial charge in [0.25, 0.3) is 6.43 Å². The summed E-state index contributed by atoms with van der Waals surface area (Å²) in [6.07, 6.45) is 1.09. The predicted octanol–water partition coefficient (Wildman–Crippen LogP) is 3.28. The molecule has 4 aromatic rings. The molecule has 0 unspecified atom stereocenters. The summed E-state index contributed by atoms with van der Waals surface area (Å²) in [6.45, 7) is 4.38. The molecule has 1 aliphatic heterocycles. The predicted molar refractivity (Wildman–Crippen MR) is 122 cm³/mol. The van der Waals surface area contributed by atoms with Crippen LogP contribution in [-0.4, -0.2) is 64.2 Å². The molecular formula is C23H25F2N7O. The van der Waals surface area contributed by atoms with Gasteiger partial charge >= 0.3 is 0 Å². The summed E-state index contributed by atoms with van der Waals surface area (Å²) in [5, 5.41) is 7.80. The molecule has 0 saturated carbocycles. The number of alkyl halides is 2. The summed E-state index contributed by atoms with van der Waals surface area (Å²) >= 11 is 0. The number of pyridine rings is 1. The molecule has 0 bridgehead atoms. The number of nitrogens with one attached hydrogen (secondary N) is 1. The summed E-state index contributed by atoms with van der Waals surface area (Å²) < 4.78 is 35.5. The van der Waals surface area contributed by atoms with Gasteiger partial charge in [0.1, 0.15) is 5.52 Å². The van der Waals surface area contributed by atoms with Crippen LogP contribution in [0.15, 0.2) is 48.9 Å². The normalized spacial score (nSPS) is 14.5. The number of rotatable bonds is 7. The summed E-state index contributed by atoms with van der Waals surface area (Å²) in [5.41, 5.74) is 3.83. The maximum absolute atomic E-state index is 13.1. The number of benzene rings is 1. The van der Waals surface area contributed by atoms with E-state index >= 15 is 0 Å². The Balaban J connectivity index is 1.57. The molecule has 0 spiro atoms. The number of anilines is 1. The van der Waals surface area contributed by atoms with E-state index in [0.29, 0.717) is 30.3 Å². The van der Waals surface area contributed by atoms with E-state index in [4.69, 9.17) is 9.72 Å². The van der Waals surface area contributed by atoms with E-state index in [0.717, 1.165) is 43.0 Å². The van der Waals surface area contributed by atoms with E-state index in [2.05, 4.69) is 20.3 Å². The molecule has 0 amide bonds. The number of hydrogen-bond acceptors (Lipinski definition) is 6. The molecule has 10 heteroatoms. The number of likely N-dealkylation sites (N-methyl/N-ethyl adjacent to an activating group) is 1. The maximum atomic E-state index is 13.1. The molecule has 1 N–H and O–H groups in total. The van der Waals surface area contributed by atoms with Crippen molar-refractivity contribution in [3.63, 3.8) is 0 Å². The molecule has 0 aliphatic carbocycles. The van der Waals surface area contributed by atoms with Gasteiger partial charge in [0.2, 0.25) is 0 Å². The van der Waals surface area contributed by atoms with Crippen molar-refractivity contribution in [2.45, 2.75) is 13.0 Å². The van der Waals surface area contributed by atoms with E-state index in [1.165, 1.54) is 12.1 Å². The van der Waals surface area contributed by atoms with Gasteiger partial charge in [-0.15, -0.1) is 0 Å². The molecule has 8 nitrogen and oxygen atoms in total. The Bertz CT molecular complexity index is 1250. The quantitative estimate of drug-likeness (QED) is 0.463. The largest absolute Gasteiger partial charge is 0.378 e. The lowest BCUT2D eigenvalue weighted by atomic mass is 10.1. The molecule has 5 rings (SSSR count). The minimum absolute atomic E-state index is 0.0235. The smallest absolute Gasteiger partial charge is 0.263 e. The molecule has 1 aliphatic rings. The van der Waals surface area contributed by atoms with Crippen molar-refractivity contribution in [2.24, 2.45) is 0 Å². The van der Waals surface area contributed by atoms with Crippen molar-refractivity contribution in [1.82, 2.24) is 29.6 Å². The van der Waals surface area contributed by atoms with Crippen LogP contribution in [0.5, 0.6) is 0 Å². The Kier molecular flexibility index (Phi) is 6.01. The summed E-state index contributed by atoms with van der Waals surface area (Å²) in [4.78, 5) is 11.8. The van der Waals surface area contributed by atoms with Crippen molar-refractivity contribution in [3.8, 4) is 17.1 Å². The van der Waals surface area contributed by atoms with Crippen LogP contribution < -0.4 is 10.2 Å². The van der Waals surface area contributed by atoms with Crippen molar-refractivity contribution in [1.29, 1.82) is 0 Å². The highest BCUT2D eigenvalue weighted by Gasteiger charge is 2.20. The number of ether oxygens (including phenoxy) is 1. The Labute approximate surface area is 189 Å². The second kappa shape index (κ2) is 9.24. The van der Waals surface area contributed by atoms with Crippen LogP contribution in [0.1, 0.15) is 12.0 Å². The van der Waals surface area contributed by atoms with Crippen molar-refractivity contribution >= 4 is 16.9 Å². The summed E-state index contributed by atoms with van der Waals surface area (Å²) in [7, 11) is 1.91. The number of morpholine rings is 1. The van der Waals surface area contributed by atoms with Crippen molar-refractivity contribution in [2.75, 3.05) is 44.8 Å². The SMILES string of the molecule is CNCCn1cnc2c(N3CCOCC3)cc(-n3ccc(-c4cccc(C(F)F)c4)n3)nc21. The number of imidazole rings is 1. The van der Waals surface area contributed by atoms with Gasteiger partial charge in [-0.1, -0.05) is 18.2 Å². The Hall–Kier alpha value is -3.37. The lowest BCUT2D eigenvalue weighted by Gasteiger charge is -2.29. The Morgan fingerprint density at radius 2 is 2.00 bits per heavy atom. The van der Waals surface area contributed by atoms with Crippen LogP contribution >= 0.6 is 0 Å². The highest BCUT2D eigenvalue weighted by Crippen LogP contribution is 2.29. The molecule has 1 fully saturated rings. The second-order valence-corrected chi connectivity index (χ2v) is 7.88. The third-order valence-electron chi connectivity index (χ3n) is 5.75. The van der Waals surface area contributed by atoms with Gasteiger partial charge in [-0.25, -0.2) is 23.4 Å². The topological polar surface area (TPSA) is 73.0 Å². The van der Waals surface area contributed by atoms with Crippen LogP contribution in [0.3, 0.4) is 0 Å². The first-order chi connectivity index (χ1) is 16.1. The molecule has 172 valence electrons. The Morgan fingerprint density at radius 1 is 1.15 bits per heavy atom. The third-order valence-corrected chi connectivity index (χ3v) is 5.75. The van der Waals surface area contributed by atoms with Gasteiger partial charge in [0, 0.05) is 49.6 Å². The first-order valence-electron chi connectivity index (χ1n) is 10.9. The minimum Gasteiger partial charge on any atom is -0.378 e. The van der Waals surface area contributed by atoms with E-state index in [1.807, 2.05) is 30.1 Å². The van der Waals surface area contributed by atoms with E-state index in [1.54, 1.807) is 23.0 Å². The van der Waals surface area contributed by atoms with Crippen LogP contribution in [-0.2, 0) is 11.3 Å². The molecule has 3 aromatic heterocycles. The van der Waals surface area contributed by atoms with Crippen molar-refractivity contribution < 1.29 is 13.5 Å². The van der Waals surface area contributed by atoms with Crippen LogP contribution in [0.25, 0.3) is 28.2 Å². The number of hydrogen-bond donors (Lipinski definition) is 1. The highest BCUT2D eigenvalue weighted by atomic mass is 19.3. The van der Waals surface area contributed by atoms with Gasteiger partial charge in [0.15, 0.2) is 11.5 Å². The monoisotopic (exact) mass is 453 g/mol. The zero-order valence-corrected chi connectivity index (χ0v) is 18.3. The van der Waals surface area contributed by atoms with Gasteiger partial charge in [-0.05, 0) is 19.2 Å². The van der Waals surface area contributed by atoms with Crippen LogP contribution in [0.4, 0.5) is 14.5 Å². The second-order valence-electron chi connectivity index (χ2n) is 7.88. The molecule has 0 atom stereocenters. The highest BCUT2D eigenvalue weighted by molar-refractivity contribution is 5.87. The number of halogens is 2. The number of aromatic nitrogens is 5. The van der Waals surface area contributed by atoms with Gasteiger partial charge in [-0.2, -0.15) is 5.10 Å². The molecule has 1 saturated heterocycles. The average molecular weight is 453 g/mol. The zero-order valence-electron chi connectivity index (χ0n) is 18.3. The van der Waals surface area contributed by atoms with Gasteiger partial charge in [-0.3, -0.25) is 0 Å². The molecule has 33 heavy (non-hydrogen) atoms. The molecular weight excluding hydrogens is 428 g/mol. The summed E-state index contributed by atoms with van der Waals surface area (Å²) in [6, 6.07) is 10.1. The van der Waals surface area contributed by atoms with Crippen LogP contribution in [0, 0.1) is 0 Å². The average Bonchev–Trinajstić information content (AvgIpc) is 3.50. The third kappa shape index (κ3) is 4.31. The zero-order chi connectivity index (χ0) is 22.8. The fourth-order valence-corrected chi connectivity index (χ4v) is 4.00. The fraction of sp³-hybridized carbons (Fsp3) is 0.348. The molecule has 0 radical (unpaired) electrons.